The molecule has 1 atom stereocenters. The standard InChI is InChI=1S/C13H21FN2O2S2/c1-10(6-7-19-3)16-20(17,18)12-4-5-13(14)11(8-12)9-15-2/h4-5,8,10,15-16H,6-7,9H2,1-3H3. The monoisotopic (exact) mass is 320 g/mol. The van der Waals surface area contributed by atoms with Gasteiger partial charge in [0.1, 0.15) is 5.82 Å². The van der Waals surface area contributed by atoms with Gasteiger partial charge in [0.05, 0.1) is 4.90 Å². The Kier molecular flexibility index (Phi) is 6.94. The highest BCUT2D eigenvalue weighted by molar-refractivity contribution is 7.98. The zero-order valence-electron chi connectivity index (χ0n) is 11.9. The molecular formula is C13H21FN2O2S2. The molecule has 114 valence electrons. The van der Waals surface area contributed by atoms with Crippen LogP contribution in [0.3, 0.4) is 0 Å². The molecule has 1 aromatic carbocycles. The van der Waals surface area contributed by atoms with Gasteiger partial charge in [0, 0.05) is 18.2 Å². The fourth-order valence-corrected chi connectivity index (χ4v) is 3.65. The van der Waals surface area contributed by atoms with E-state index in [0.29, 0.717) is 5.56 Å². The summed E-state index contributed by atoms with van der Waals surface area (Å²) in [6.07, 6.45) is 2.73. The number of hydrogen-bond donors (Lipinski definition) is 2. The van der Waals surface area contributed by atoms with Crippen molar-refractivity contribution < 1.29 is 12.8 Å². The van der Waals surface area contributed by atoms with Crippen LogP contribution in [0.25, 0.3) is 0 Å². The Morgan fingerprint density at radius 3 is 2.70 bits per heavy atom. The first-order valence-electron chi connectivity index (χ1n) is 6.35. The molecule has 0 amide bonds. The van der Waals surface area contributed by atoms with Crippen molar-refractivity contribution in [2.45, 2.75) is 30.8 Å². The van der Waals surface area contributed by atoms with E-state index in [1.165, 1.54) is 18.2 Å². The van der Waals surface area contributed by atoms with Gasteiger partial charge >= 0.3 is 0 Å². The second-order valence-corrected chi connectivity index (χ2v) is 7.29. The van der Waals surface area contributed by atoms with Crippen molar-refractivity contribution in [2.24, 2.45) is 0 Å². The molecule has 4 nitrogen and oxygen atoms in total. The third kappa shape index (κ3) is 5.05. The molecule has 7 heteroatoms. The summed E-state index contributed by atoms with van der Waals surface area (Å²) in [6.45, 7) is 2.11. The molecule has 0 bridgehead atoms. The van der Waals surface area contributed by atoms with Crippen LogP contribution in [0.5, 0.6) is 0 Å². The molecule has 1 rings (SSSR count). The molecular weight excluding hydrogens is 299 g/mol. The minimum absolute atomic E-state index is 0.0974. The number of hydrogen-bond acceptors (Lipinski definition) is 4. The average Bonchev–Trinajstić information content (AvgIpc) is 2.38. The number of thioether (sulfide) groups is 1. The van der Waals surface area contributed by atoms with E-state index in [1.807, 2.05) is 13.2 Å². The molecule has 0 aliphatic rings. The molecule has 0 heterocycles. The molecule has 0 fully saturated rings. The van der Waals surface area contributed by atoms with Gasteiger partial charge in [-0.3, -0.25) is 0 Å². The van der Waals surface area contributed by atoms with Gasteiger partial charge in [-0.25, -0.2) is 17.5 Å². The van der Waals surface area contributed by atoms with Crippen molar-refractivity contribution in [1.82, 2.24) is 10.0 Å². The minimum Gasteiger partial charge on any atom is -0.316 e. The maximum absolute atomic E-state index is 13.5. The van der Waals surface area contributed by atoms with Crippen LogP contribution in [0.4, 0.5) is 4.39 Å². The Labute approximate surface area is 124 Å². The topological polar surface area (TPSA) is 58.2 Å². The lowest BCUT2D eigenvalue weighted by molar-refractivity contribution is 0.555. The Hall–Kier alpha value is -0.630. The van der Waals surface area contributed by atoms with Crippen LogP contribution in [0.2, 0.25) is 0 Å². The van der Waals surface area contributed by atoms with E-state index in [1.54, 1.807) is 18.8 Å². The van der Waals surface area contributed by atoms with Crippen molar-refractivity contribution in [3.05, 3.63) is 29.6 Å². The Morgan fingerprint density at radius 1 is 1.40 bits per heavy atom. The summed E-state index contributed by atoms with van der Waals surface area (Å²) in [6, 6.07) is 3.70. The molecule has 1 aromatic rings. The summed E-state index contributed by atoms with van der Waals surface area (Å²) in [5, 5.41) is 2.81. The number of nitrogens with one attached hydrogen (secondary N) is 2. The van der Waals surface area contributed by atoms with Crippen LogP contribution in [-0.2, 0) is 16.6 Å². The second-order valence-electron chi connectivity index (χ2n) is 4.59. The van der Waals surface area contributed by atoms with Crippen LogP contribution < -0.4 is 10.0 Å². The van der Waals surface area contributed by atoms with Crippen molar-refractivity contribution in [3.8, 4) is 0 Å². The zero-order valence-corrected chi connectivity index (χ0v) is 13.6. The van der Waals surface area contributed by atoms with Gasteiger partial charge in [-0.2, -0.15) is 11.8 Å². The maximum Gasteiger partial charge on any atom is 0.240 e. The number of rotatable bonds is 8. The van der Waals surface area contributed by atoms with Gasteiger partial charge in [-0.15, -0.1) is 0 Å². The smallest absolute Gasteiger partial charge is 0.240 e. The molecule has 0 saturated carbocycles. The molecule has 0 aliphatic carbocycles. The molecule has 0 radical (unpaired) electrons. The largest absolute Gasteiger partial charge is 0.316 e. The molecule has 0 spiro atoms. The maximum atomic E-state index is 13.5. The molecule has 0 aromatic heterocycles. The lowest BCUT2D eigenvalue weighted by atomic mass is 10.2. The highest BCUT2D eigenvalue weighted by Gasteiger charge is 2.18. The third-order valence-electron chi connectivity index (χ3n) is 2.81. The first kappa shape index (κ1) is 17.4. The van der Waals surface area contributed by atoms with Crippen molar-refractivity contribution in [3.63, 3.8) is 0 Å². The highest BCUT2D eigenvalue weighted by Crippen LogP contribution is 2.16. The molecule has 1 unspecified atom stereocenters. The van der Waals surface area contributed by atoms with Crippen LogP contribution >= 0.6 is 11.8 Å². The minimum atomic E-state index is -3.60. The quantitative estimate of drug-likeness (QED) is 0.769. The van der Waals surface area contributed by atoms with E-state index in [9.17, 15) is 12.8 Å². The predicted octanol–water partition coefficient (Wildman–Crippen LogP) is 1.96. The van der Waals surface area contributed by atoms with Gasteiger partial charge in [0.15, 0.2) is 0 Å². The predicted molar refractivity (Wildman–Crippen MR) is 81.9 cm³/mol. The van der Waals surface area contributed by atoms with Crippen LogP contribution in [-0.4, -0.2) is 33.5 Å². The normalized spacial score (nSPS) is 13.4. The summed E-state index contributed by atoms with van der Waals surface area (Å²) >= 11 is 1.67. The van der Waals surface area contributed by atoms with E-state index in [4.69, 9.17) is 0 Å². The molecule has 0 saturated heterocycles. The molecule has 2 N–H and O–H groups in total. The number of benzene rings is 1. The molecule has 0 aliphatic heterocycles. The van der Waals surface area contributed by atoms with Gasteiger partial charge in [-0.05, 0) is 50.6 Å². The summed E-state index contributed by atoms with van der Waals surface area (Å²) in [4.78, 5) is 0.0974. The van der Waals surface area contributed by atoms with Gasteiger partial charge in [0.25, 0.3) is 0 Å². The van der Waals surface area contributed by atoms with E-state index >= 15 is 0 Å². The summed E-state index contributed by atoms with van der Waals surface area (Å²) in [7, 11) is -1.92. The van der Waals surface area contributed by atoms with Crippen molar-refractivity contribution in [1.29, 1.82) is 0 Å². The van der Waals surface area contributed by atoms with Crippen molar-refractivity contribution in [2.75, 3.05) is 19.1 Å². The Balaban J connectivity index is 2.89. The van der Waals surface area contributed by atoms with Crippen LogP contribution in [0.15, 0.2) is 23.1 Å². The fraction of sp³-hybridized carbons (Fsp3) is 0.538. The summed E-state index contributed by atoms with van der Waals surface area (Å²) in [5.41, 5.74) is 0.340. The van der Waals surface area contributed by atoms with Gasteiger partial charge < -0.3 is 5.32 Å². The van der Waals surface area contributed by atoms with Crippen molar-refractivity contribution >= 4 is 21.8 Å². The summed E-state index contributed by atoms with van der Waals surface area (Å²) < 4.78 is 40.6. The third-order valence-corrected chi connectivity index (χ3v) is 5.04. The lowest BCUT2D eigenvalue weighted by Crippen LogP contribution is -2.33. The lowest BCUT2D eigenvalue weighted by Gasteiger charge is -2.14. The fourth-order valence-electron chi connectivity index (χ4n) is 1.73. The Morgan fingerprint density at radius 2 is 2.10 bits per heavy atom. The first-order chi connectivity index (χ1) is 9.40. The highest BCUT2D eigenvalue weighted by atomic mass is 32.2. The van der Waals surface area contributed by atoms with E-state index in [0.717, 1.165) is 12.2 Å². The van der Waals surface area contributed by atoms with Crippen LogP contribution in [0, 0.1) is 5.82 Å². The zero-order chi connectivity index (χ0) is 15.2. The van der Waals surface area contributed by atoms with E-state index < -0.39 is 15.8 Å². The van der Waals surface area contributed by atoms with Gasteiger partial charge in [0.2, 0.25) is 10.0 Å². The number of halogens is 1. The van der Waals surface area contributed by atoms with Gasteiger partial charge in [-0.1, -0.05) is 0 Å². The first-order valence-corrected chi connectivity index (χ1v) is 9.22. The van der Waals surface area contributed by atoms with E-state index in [2.05, 4.69) is 10.0 Å². The second kappa shape index (κ2) is 7.97. The summed E-state index contributed by atoms with van der Waals surface area (Å²) in [5.74, 6) is 0.478. The molecule has 20 heavy (non-hydrogen) atoms. The van der Waals surface area contributed by atoms with E-state index in [-0.39, 0.29) is 17.5 Å². The Bertz CT molecular complexity index is 535. The average molecular weight is 320 g/mol. The number of sulfonamides is 1. The SMILES string of the molecule is CNCc1cc(S(=O)(=O)NC(C)CCSC)ccc1F. The van der Waals surface area contributed by atoms with Crippen LogP contribution in [0.1, 0.15) is 18.9 Å².